The van der Waals surface area contributed by atoms with Gasteiger partial charge in [0.05, 0.1) is 11.4 Å². The van der Waals surface area contributed by atoms with Gasteiger partial charge in [0.2, 0.25) is 0 Å². The molecule has 1 aromatic carbocycles. The molecule has 1 rings (SSSR count). The Morgan fingerprint density at radius 2 is 2.00 bits per heavy atom. The summed E-state index contributed by atoms with van der Waals surface area (Å²) < 4.78 is 0. The lowest BCUT2D eigenvalue weighted by molar-refractivity contribution is 0.900. The zero-order valence-corrected chi connectivity index (χ0v) is 9.87. The molecule has 0 bridgehead atoms. The molecule has 2 N–H and O–H groups in total. The maximum atomic E-state index is 10.9. The Bertz CT molecular complexity index is 399. The Hall–Kier alpha value is -1.84. The number of hydrogen-bond acceptors (Lipinski definition) is 4. The summed E-state index contributed by atoms with van der Waals surface area (Å²) in [7, 11) is 0. The van der Waals surface area contributed by atoms with Crippen LogP contribution in [0.2, 0.25) is 0 Å². The summed E-state index contributed by atoms with van der Waals surface area (Å²) in [5.41, 5.74) is 2.56. The molecular weight excluding hydrogens is 202 g/mol. The van der Waals surface area contributed by atoms with Gasteiger partial charge in [-0.3, -0.25) is 0 Å². The van der Waals surface area contributed by atoms with Crippen molar-refractivity contribution in [1.82, 2.24) is 0 Å². The molecule has 0 amide bonds. The van der Waals surface area contributed by atoms with Crippen LogP contribution in [-0.4, -0.2) is 6.04 Å². The van der Waals surface area contributed by atoms with Crippen LogP contribution >= 0.6 is 0 Å². The third-order valence-corrected chi connectivity index (χ3v) is 1.92. The summed E-state index contributed by atoms with van der Waals surface area (Å²) in [6, 6.07) is 5.75. The Balaban J connectivity index is 3.09. The highest BCUT2D eigenvalue weighted by atomic mass is 16.3. The Labute approximate surface area is 95.7 Å². The van der Waals surface area contributed by atoms with Gasteiger partial charge in [-0.25, -0.2) is 0 Å². The van der Waals surface area contributed by atoms with E-state index in [1.807, 2.05) is 32.9 Å². The first-order valence-corrected chi connectivity index (χ1v) is 5.20. The standard InChI is InChI=1S/C12H17N3O/c1-8(2)13-10-6-5-7-11(12(10)15-16)14-9(3)4/h5-7,9,13-14H,1H2,2-4H3. The topological polar surface area (TPSA) is 53.5 Å². The van der Waals surface area contributed by atoms with E-state index in [2.05, 4.69) is 22.4 Å². The van der Waals surface area contributed by atoms with Crippen LogP contribution in [0.15, 0.2) is 35.7 Å². The number of benzene rings is 1. The van der Waals surface area contributed by atoms with E-state index in [1.54, 1.807) is 6.07 Å². The zero-order valence-electron chi connectivity index (χ0n) is 9.87. The van der Waals surface area contributed by atoms with Crippen molar-refractivity contribution < 1.29 is 0 Å². The van der Waals surface area contributed by atoms with Crippen LogP contribution in [0.3, 0.4) is 0 Å². The number of rotatable bonds is 5. The third kappa shape index (κ3) is 3.08. The van der Waals surface area contributed by atoms with Gasteiger partial charge in [0, 0.05) is 11.7 Å². The fraction of sp³-hybridized carbons (Fsp3) is 0.333. The Morgan fingerprint density at radius 1 is 1.38 bits per heavy atom. The van der Waals surface area contributed by atoms with Gasteiger partial charge in [-0.15, -0.1) is 4.91 Å². The average Bonchev–Trinajstić information content (AvgIpc) is 2.16. The van der Waals surface area contributed by atoms with Gasteiger partial charge in [-0.1, -0.05) is 12.6 Å². The summed E-state index contributed by atoms with van der Waals surface area (Å²) in [6.45, 7) is 9.59. The van der Waals surface area contributed by atoms with E-state index in [9.17, 15) is 4.91 Å². The van der Waals surface area contributed by atoms with E-state index in [1.165, 1.54) is 0 Å². The molecule has 0 saturated heterocycles. The number of nitroso groups, excluding NO2 is 1. The average molecular weight is 219 g/mol. The number of allylic oxidation sites excluding steroid dienone is 1. The summed E-state index contributed by atoms with van der Waals surface area (Å²) in [4.78, 5) is 10.9. The Kier molecular flexibility index (Phi) is 4.05. The predicted molar refractivity (Wildman–Crippen MR) is 69.1 cm³/mol. The van der Waals surface area contributed by atoms with Crippen molar-refractivity contribution in [3.05, 3.63) is 35.4 Å². The second-order valence-corrected chi connectivity index (χ2v) is 4.00. The molecule has 0 radical (unpaired) electrons. The number of anilines is 2. The molecule has 86 valence electrons. The molecule has 4 heteroatoms. The van der Waals surface area contributed by atoms with Crippen LogP contribution in [0.25, 0.3) is 0 Å². The van der Waals surface area contributed by atoms with Gasteiger partial charge >= 0.3 is 0 Å². The lowest BCUT2D eigenvalue weighted by Gasteiger charge is -2.14. The van der Waals surface area contributed by atoms with Crippen LogP contribution in [-0.2, 0) is 0 Å². The van der Waals surface area contributed by atoms with Gasteiger partial charge in [0.1, 0.15) is 0 Å². The first-order chi connectivity index (χ1) is 7.54. The van der Waals surface area contributed by atoms with Crippen molar-refractivity contribution >= 4 is 17.1 Å². The van der Waals surface area contributed by atoms with Crippen LogP contribution in [0, 0.1) is 4.91 Å². The van der Waals surface area contributed by atoms with Crippen molar-refractivity contribution in [3.8, 4) is 0 Å². The van der Waals surface area contributed by atoms with Gasteiger partial charge in [-0.2, -0.15) is 0 Å². The van der Waals surface area contributed by atoms with Gasteiger partial charge < -0.3 is 10.6 Å². The molecule has 0 atom stereocenters. The molecule has 16 heavy (non-hydrogen) atoms. The van der Waals surface area contributed by atoms with E-state index in [4.69, 9.17) is 0 Å². The van der Waals surface area contributed by atoms with Gasteiger partial charge in [-0.05, 0) is 38.1 Å². The largest absolute Gasteiger partial charge is 0.381 e. The second kappa shape index (κ2) is 5.30. The van der Waals surface area contributed by atoms with Crippen LogP contribution in [0.4, 0.5) is 17.1 Å². The van der Waals surface area contributed by atoms with E-state index in [-0.39, 0.29) is 6.04 Å². The summed E-state index contributed by atoms with van der Waals surface area (Å²) in [5, 5.41) is 9.24. The van der Waals surface area contributed by atoms with Crippen molar-refractivity contribution in [2.24, 2.45) is 5.18 Å². The van der Waals surface area contributed by atoms with Crippen molar-refractivity contribution in [2.45, 2.75) is 26.8 Å². The van der Waals surface area contributed by atoms with Crippen LogP contribution < -0.4 is 10.6 Å². The summed E-state index contributed by atoms with van der Waals surface area (Å²) in [6.07, 6.45) is 0. The fourth-order valence-electron chi connectivity index (χ4n) is 1.40. The minimum atomic E-state index is 0.251. The van der Waals surface area contributed by atoms with E-state index >= 15 is 0 Å². The molecule has 0 heterocycles. The zero-order chi connectivity index (χ0) is 12.1. The minimum Gasteiger partial charge on any atom is -0.381 e. The molecule has 0 unspecified atom stereocenters. The molecular formula is C12H17N3O. The normalized spacial score (nSPS) is 10.0. The first kappa shape index (κ1) is 12.2. The smallest absolute Gasteiger partial charge is 0.154 e. The number of nitrogens with one attached hydrogen (secondary N) is 2. The van der Waals surface area contributed by atoms with E-state index in [0.717, 1.165) is 11.4 Å². The maximum absolute atomic E-state index is 10.9. The lowest BCUT2D eigenvalue weighted by Crippen LogP contribution is -2.10. The lowest BCUT2D eigenvalue weighted by atomic mass is 10.2. The monoisotopic (exact) mass is 219 g/mol. The number of nitrogens with zero attached hydrogens (tertiary/aromatic N) is 1. The Morgan fingerprint density at radius 3 is 2.50 bits per heavy atom. The SMILES string of the molecule is C=C(C)Nc1cccc(NC(C)C)c1N=O. The highest BCUT2D eigenvalue weighted by Gasteiger charge is 2.09. The first-order valence-electron chi connectivity index (χ1n) is 5.20. The van der Waals surface area contributed by atoms with Crippen LogP contribution in [0.5, 0.6) is 0 Å². The number of hydrogen-bond donors (Lipinski definition) is 2. The second-order valence-electron chi connectivity index (χ2n) is 4.00. The van der Waals surface area contributed by atoms with Gasteiger partial charge in [0.25, 0.3) is 0 Å². The molecule has 0 saturated carbocycles. The molecule has 0 spiro atoms. The van der Waals surface area contributed by atoms with E-state index < -0.39 is 0 Å². The summed E-state index contributed by atoms with van der Waals surface area (Å²) in [5.74, 6) is 0. The van der Waals surface area contributed by atoms with Gasteiger partial charge in [0.15, 0.2) is 5.69 Å². The van der Waals surface area contributed by atoms with Crippen molar-refractivity contribution in [3.63, 3.8) is 0 Å². The minimum absolute atomic E-state index is 0.251. The fourth-order valence-corrected chi connectivity index (χ4v) is 1.40. The molecule has 4 nitrogen and oxygen atoms in total. The molecule has 0 aromatic heterocycles. The van der Waals surface area contributed by atoms with Crippen molar-refractivity contribution in [1.29, 1.82) is 0 Å². The van der Waals surface area contributed by atoms with Crippen molar-refractivity contribution in [2.75, 3.05) is 10.6 Å². The molecule has 0 aliphatic carbocycles. The molecule has 0 fully saturated rings. The quantitative estimate of drug-likeness (QED) is 0.739. The molecule has 1 aromatic rings. The van der Waals surface area contributed by atoms with E-state index in [0.29, 0.717) is 11.4 Å². The molecule has 0 aliphatic heterocycles. The summed E-state index contributed by atoms with van der Waals surface area (Å²) >= 11 is 0. The van der Waals surface area contributed by atoms with Crippen LogP contribution in [0.1, 0.15) is 20.8 Å². The maximum Gasteiger partial charge on any atom is 0.154 e. The third-order valence-electron chi connectivity index (χ3n) is 1.92. The highest BCUT2D eigenvalue weighted by molar-refractivity contribution is 5.80. The molecule has 0 aliphatic rings. The predicted octanol–water partition coefficient (Wildman–Crippen LogP) is 3.85. The highest BCUT2D eigenvalue weighted by Crippen LogP contribution is 2.34.